The molecule has 4 nitrogen and oxygen atoms in total. The minimum absolute atomic E-state index is 0.0694. The fraction of sp³-hybridized carbons (Fsp3) is 0.700. The Balaban J connectivity index is 2.54. The van der Waals surface area contributed by atoms with Gasteiger partial charge >= 0.3 is 6.18 Å². The van der Waals surface area contributed by atoms with E-state index in [1.54, 1.807) is 6.92 Å². The molecule has 1 unspecified atom stereocenters. The summed E-state index contributed by atoms with van der Waals surface area (Å²) in [5.74, 6) is -0.321. The number of aromatic nitrogens is 2. The van der Waals surface area contributed by atoms with Gasteiger partial charge in [0, 0.05) is 5.56 Å². The van der Waals surface area contributed by atoms with E-state index in [9.17, 15) is 21.6 Å². The van der Waals surface area contributed by atoms with E-state index < -0.39 is 27.2 Å². The monoisotopic (exact) mass is 316 g/mol. The zero-order chi connectivity index (χ0) is 14.6. The Hall–Kier alpha value is -0.760. The molecule has 2 rings (SSSR count). The van der Waals surface area contributed by atoms with E-state index >= 15 is 0 Å². The van der Waals surface area contributed by atoms with Gasteiger partial charge in [0.1, 0.15) is 5.15 Å². The minimum Gasteiger partial charge on any atom is -0.246 e. The summed E-state index contributed by atoms with van der Waals surface area (Å²) in [6.07, 6.45) is -4.40. The van der Waals surface area contributed by atoms with Crippen LogP contribution in [0.3, 0.4) is 0 Å². The fourth-order valence-electron chi connectivity index (χ4n) is 2.26. The van der Waals surface area contributed by atoms with Crippen molar-refractivity contribution in [2.75, 3.05) is 11.5 Å². The van der Waals surface area contributed by atoms with Crippen LogP contribution in [0.25, 0.3) is 0 Å². The Morgan fingerprint density at radius 3 is 2.37 bits per heavy atom. The van der Waals surface area contributed by atoms with Gasteiger partial charge in [0.15, 0.2) is 15.5 Å². The zero-order valence-electron chi connectivity index (χ0n) is 10.3. The Morgan fingerprint density at radius 2 is 2.00 bits per heavy atom. The van der Waals surface area contributed by atoms with Crippen molar-refractivity contribution in [1.29, 1.82) is 0 Å². The van der Waals surface area contributed by atoms with Crippen LogP contribution >= 0.6 is 11.6 Å². The van der Waals surface area contributed by atoms with E-state index in [-0.39, 0.29) is 28.6 Å². The summed E-state index contributed by atoms with van der Waals surface area (Å²) in [5.41, 5.74) is -2.27. The van der Waals surface area contributed by atoms with Gasteiger partial charge in [-0.1, -0.05) is 11.6 Å². The molecule has 0 amide bonds. The lowest BCUT2D eigenvalue weighted by Gasteiger charge is -2.23. The zero-order valence-corrected chi connectivity index (χ0v) is 11.8. The largest absolute Gasteiger partial charge is 0.435 e. The van der Waals surface area contributed by atoms with Crippen LogP contribution in [0.1, 0.15) is 24.6 Å². The van der Waals surface area contributed by atoms with Gasteiger partial charge in [-0.15, -0.1) is 0 Å². The van der Waals surface area contributed by atoms with Gasteiger partial charge < -0.3 is 0 Å². The molecule has 9 heteroatoms. The maximum absolute atomic E-state index is 12.8. The summed E-state index contributed by atoms with van der Waals surface area (Å²) in [4.78, 5) is 0. The van der Waals surface area contributed by atoms with Crippen molar-refractivity contribution in [3.05, 3.63) is 16.4 Å². The molecular formula is C10H12ClF3N2O2S. The standard InChI is InChI=1S/C10H12ClF3N2O2S/c1-6-7(10(12,13)14)15-16(8(6)11)9(2)3-4-19(17,18)5-9/h3-5H2,1-2H3. The minimum atomic E-state index is -4.60. The van der Waals surface area contributed by atoms with Crippen LogP contribution in [-0.4, -0.2) is 29.7 Å². The number of alkyl halides is 3. The van der Waals surface area contributed by atoms with Gasteiger partial charge in [0.05, 0.1) is 17.0 Å². The van der Waals surface area contributed by atoms with Gasteiger partial charge in [-0.3, -0.25) is 0 Å². The lowest BCUT2D eigenvalue weighted by molar-refractivity contribution is -0.142. The van der Waals surface area contributed by atoms with Crippen LogP contribution in [0, 0.1) is 6.92 Å². The maximum atomic E-state index is 12.8. The lowest BCUT2D eigenvalue weighted by Crippen LogP contribution is -2.33. The molecule has 0 aromatic carbocycles. The van der Waals surface area contributed by atoms with Crippen molar-refractivity contribution in [3.63, 3.8) is 0 Å². The van der Waals surface area contributed by atoms with Crippen molar-refractivity contribution in [2.45, 2.75) is 32.0 Å². The molecule has 108 valence electrons. The molecule has 1 aliphatic heterocycles. The maximum Gasteiger partial charge on any atom is 0.435 e. The molecule has 1 aromatic rings. The molecule has 0 radical (unpaired) electrons. The van der Waals surface area contributed by atoms with E-state index in [2.05, 4.69) is 5.10 Å². The number of hydrogen-bond acceptors (Lipinski definition) is 3. The Labute approximate surface area is 113 Å². The Kier molecular flexibility index (Phi) is 3.17. The molecule has 1 aromatic heterocycles. The van der Waals surface area contributed by atoms with E-state index in [4.69, 9.17) is 11.6 Å². The molecule has 1 fully saturated rings. The fourth-order valence-corrected chi connectivity index (χ4v) is 4.70. The second kappa shape index (κ2) is 4.12. The number of nitrogens with zero attached hydrogens (tertiary/aromatic N) is 2. The summed E-state index contributed by atoms with van der Waals surface area (Å²) in [7, 11) is -3.26. The summed E-state index contributed by atoms with van der Waals surface area (Å²) < 4.78 is 62.3. The van der Waals surface area contributed by atoms with Crippen LogP contribution < -0.4 is 0 Å². The van der Waals surface area contributed by atoms with Crippen molar-refractivity contribution < 1.29 is 21.6 Å². The van der Waals surface area contributed by atoms with Crippen LogP contribution in [-0.2, 0) is 21.6 Å². The van der Waals surface area contributed by atoms with E-state index in [0.717, 1.165) is 4.68 Å². The van der Waals surface area contributed by atoms with Crippen LogP contribution in [0.15, 0.2) is 0 Å². The topological polar surface area (TPSA) is 52.0 Å². The molecule has 0 spiro atoms. The molecule has 1 aliphatic rings. The van der Waals surface area contributed by atoms with Crippen LogP contribution in [0.4, 0.5) is 13.2 Å². The Bertz CT molecular complexity index is 623. The summed E-state index contributed by atoms with van der Waals surface area (Å²) in [6, 6.07) is 0. The normalized spacial score (nSPS) is 26.8. The van der Waals surface area contributed by atoms with Crippen LogP contribution in [0.5, 0.6) is 0 Å². The molecular weight excluding hydrogens is 305 g/mol. The third-order valence-electron chi connectivity index (χ3n) is 3.31. The van der Waals surface area contributed by atoms with Crippen LogP contribution in [0.2, 0.25) is 5.15 Å². The number of halogens is 4. The smallest absolute Gasteiger partial charge is 0.246 e. The predicted molar refractivity (Wildman–Crippen MR) is 63.9 cm³/mol. The lowest BCUT2D eigenvalue weighted by atomic mass is 10.0. The molecule has 19 heavy (non-hydrogen) atoms. The van der Waals surface area contributed by atoms with Crippen molar-refractivity contribution in [2.24, 2.45) is 0 Å². The predicted octanol–water partition coefficient (Wildman–Crippen LogP) is 2.40. The van der Waals surface area contributed by atoms with E-state index in [0.29, 0.717) is 0 Å². The first-order valence-electron chi connectivity index (χ1n) is 5.49. The summed E-state index contributed by atoms with van der Waals surface area (Å²) in [6.45, 7) is 2.78. The van der Waals surface area contributed by atoms with Gasteiger partial charge in [-0.05, 0) is 20.3 Å². The quantitative estimate of drug-likeness (QED) is 0.799. The summed E-state index contributed by atoms with van der Waals surface area (Å²) in [5, 5.41) is 3.33. The highest BCUT2D eigenvalue weighted by Gasteiger charge is 2.45. The average molecular weight is 317 g/mol. The third-order valence-corrected chi connectivity index (χ3v) is 5.64. The molecule has 1 atom stereocenters. The highest BCUT2D eigenvalue weighted by Crippen LogP contribution is 2.39. The van der Waals surface area contributed by atoms with Crippen molar-refractivity contribution in [1.82, 2.24) is 9.78 Å². The first kappa shape index (κ1) is 14.6. The second-order valence-electron chi connectivity index (χ2n) is 5.01. The highest BCUT2D eigenvalue weighted by atomic mass is 35.5. The average Bonchev–Trinajstić information content (AvgIpc) is 2.67. The molecule has 0 saturated carbocycles. The van der Waals surface area contributed by atoms with Crippen molar-refractivity contribution >= 4 is 21.4 Å². The van der Waals surface area contributed by atoms with Gasteiger partial charge in [0.25, 0.3) is 0 Å². The molecule has 1 saturated heterocycles. The summed E-state index contributed by atoms with van der Waals surface area (Å²) >= 11 is 5.89. The Morgan fingerprint density at radius 1 is 1.42 bits per heavy atom. The van der Waals surface area contributed by atoms with Gasteiger partial charge in [-0.2, -0.15) is 18.3 Å². The number of rotatable bonds is 1. The molecule has 0 N–H and O–H groups in total. The number of sulfone groups is 1. The first-order valence-corrected chi connectivity index (χ1v) is 7.69. The first-order chi connectivity index (χ1) is 8.46. The SMILES string of the molecule is Cc1c(C(F)(F)F)nn(C2(C)CCS(=O)(=O)C2)c1Cl. The van der Waals surface area contributed by atoms with Crippen molar-refractivity contribution in [3.8, 4) is 0 Å². The van der Waals surface area contributed by atoms with E-state index in [1.807, 2.05) is 0 Å². The highest BCUT2D eigenvalue weighted by molar-refractivity contribution is 7.91. The van der Waals surface area contributed by atoms with Gasteiger partial charge in [0.2, 0.25) is 0 Å². The van der Waals surface area contributed by atoms with Gasteiger partial charge in [-0.25, -0.2) is 13.1 Å². The second-order valence-corrected chi connectivity index (χ2v) is 7.56. The molecule has 2 heterocycles. The van der Waals surface area contributed by atoms with E-state index in [1.165, 1.54) is 6.92 Å². The third kappa shape index (κ3) is 2.47. The molecule has 0 aliphatic carbocycles. The molecule has 0 bridgehead atoms. The number of hydrogen-bond donors (Lipinski definition) is 0.